The van der Waals surface area contributed by atoms with Crippen LogP contribution in [-0.2, 0) is 10.3 Å². The number of nitrogens with one attached hydrogen (secondary N) is 2. The number of carbonyl (C=O) groups is 3. The highest BCUT2D eigenvalue weighted by atomic mass is 16.5. The summed E-state index contributed by atoms with van der Waals surface area (Å²) in [4.78, 5) is 36.6. The van der Waals surface area contributed by atoms with Crippen LogP contribution in [0.1, 0.15) is 32.1 Å². The van der Waals surface area contributed by atoms with Crippen molar-refractivity contribution in [2.45, 2.75) is 38.8 Å². The van der Waals surface area contributed by atoms with E-state index in [4.69, 9.17) is 4.52 Å². The van der Waals surface area contributed by atoms with Crippen molar-refractivity contribution in [3.8, 4) is 0 Å². The third kappa shape index (κ3) is 2.49. The van der Waals surface area contributed by atoms with Crippen LogP contribution in [0.3, 0.4) is 0 Å². The number of rotatable bonds is 3. The SMILES string of the molecule is Cc1cnoc1[C@@]1(CN(C(=O)O)C(C)(C)C)NC(=O)NC1=O. The Morgan fingerprint density at radius 1 is 1.45 bits per heavy atom. The number of aromatic nitrogens is 1. The Balaban J connectivity index is 2.52. The molecule has 1 aliphatic rings. The molecule has 1 aliphatic heterocycles. The molecule has 3 N–H and O–H groups in total. The van der Waals surface area contributed by atoms with Gasteiger partial charge in [-0.25, -0.2) is 9.59 Å². The summed E-state index contributed by atoms with van der Waals surface area (Å²) in [6, 6.07) is -0.708. The summed E-state index contributed by atoms with van der Waals surface area (Å²) < 4.78 is 5.12. The van der Waals surface area contributed by atoms with E-state index in [1.54, 1.807) is 27.7 Å². The minimum Gasteiger partial charge on any atom is -0.465 e. The van der Waals surface area contributed by atoms with E-state index in [2.05, 4.69) is 15.8 Å². The van der Waals surface area contributed by atoms with Crippen LogP contribution in [0.4, 0.5) is 9.59 Å². The molecule has 0 aromatic carbocycles. The van der Waals surface area contributed by atoms with Crippen molar-refractivity contribution < 1.29 is 24.0 Å². The minimum absolute atomic E-state index is 0.117. The second-order valence-electron chi connectivity index (χ2n) is 6.19. The van der Waals surface area contributed by atoms with Gasteiger partial charge < -0.3 is 19.8 Å². The first-order valence-electron chi connectivity index (χ1n) is 6.64. The van der Waals surface area contributed by atoms with Gasteiger partial charge in [-0.1, -0.05) is 5.16 Å². The molecule has 0 aliphatic carbocycles. The van der Waals surface area contributed by atoms with Crippen LogP contribution in [-0.4, -0.2) is 45.3 Å². The van der Waals surface area contributed by atoms with Crippen LogP contribution < -0.4 is 10.6 Å². The van der Waals surface area contributed by atoms with Crippen molar-refractivity contribution in [1.29, 1.82) is 0 Å². The van der Waals surface area contributed by atoms with E-state index in [1.165, 1.54) is 6.20 Å². The molecule has 1 saturated heterocycles. The van der Waals surface area contributed by atoms with Crippen LogP contribution in [0.15, 0.2) is 10.7 Å². The first kappa shape index (κ1) is 15.8. The van der Waals surface area contributed by atoms with Gasteiger partial charge in [0.25, 0.3) is 5.91 Å². The van der Waals surface area contributed by atoms with E-state index in [9.17, 15) is 19.5 Å². The van der Waals surface area contributed by atoms with Gasteiger partial charge in [-0.3, -0.25) is 10.1 Å². The summed E-state index contributed by atoms with van der Waals surface area (Å²) in [5.41, 5.74) is -1.87. The lowest BCUT2D eigenvalue weighted by atomic mass is 9.91. The molecule has 0 unspecified atom stereocenters. The molecule has 0 saturated carbocycles. The monoisotopic (exact) mass is 310 g/mol. The average Bonchev–Trinajstić information content (AvgIpc) is 2.89. The van der Waals surface area contributed by atoms with Crippen molar-refractivity contribution in [3.63, 3.8) is 0 Å². The van der Waals surface area contributed by atoms with Gasteiger partial charge in [0.15, 0.2) is 11.3 Å². The molecular formula is C13H18N4O5. The summed E-state index contributed by atoms with van der Waals surface area (Å²) >= 11 is 0. The number of hydrogen-bond acceptors (Lipinski definition) is 5. The lowest BCUT2D eigenvalue weighted by molar-refractivity contribution is -0.126. The summed E-state index contributed by atoms with van der Waals surface area (Å²) in [5.74, 6) is -0.556. The van der Waals surface area contributed by atoms with Gasteiger partial charge in [0, 0.05) is 11.1 Å². The number of amides is 4. The van der Waals surface area contributed by atoms with E-state index < -0.39 is 29.1 Å². The van der Waals surface area contributed by atoms with Gasteiger partial charge in [-0.2, -0.15) is 0 Å². The summed E-state index contributed by atoms with van der Waals surface area (Å²) in [7, 11) is 0. The minimum atomic E-state index is -1.64. The topological polar surface area (TPSA) is 125 Å². The van der Waals surface area contributed by atoms with Gasteiger partial charge in [0.1, 0.15) is 0 Å². The van der Waals surface area contributed by atoms with E-state index >= 15 is 0 Å². The number of urea groups is 1. The first-order valence-corrected chi connectivity index (χ1v) is 6.64. The molecule has 4 amide bonds. The molecule has 0 bridgehead atoms. The maximum Gasteiger partial charge on any atom is 0.407 e. The zero-order valence-electron chi connectivity index (χ0n) is 12.8. The van der Waals surface area contributed by atoms with Gasteiger partial charge in [-0.15, -0.1) is 0 Å². The second-order valence-corrected chi connectivity index (χ2v) is 6.19. The molecule has 1 aromatic rings. The quantitative estimate of drug-likeness (QED) is 0.709. The van der Waals surface area contributed by atoms with Crippen molar-refractivity contribution in [1.82, 2.24) is 20.7 Å². The average molecular weight is 310 g/mol. The van der Waals surface area contributed by atoms with Gasteiger partial charge in [0.2, 0.25) is 0 Å². The van der Waals surface area contributed by atoms with E-state index in [0.717, 1.165) is 4.90 Å². The molecule has 9 heteroatoms. The summed E-state index contributed by atoms with van der Waals surface area (Å²) in [6.45, 7) is 6.44. The maximum atomic E-state index is 12.3. The fourth-order valence-corrected chi connectivity index (χ4v) is 2.37. The largest absolute Gasteiger partial charge is 0.465 e. The number of carbonyl (C=O) groups excluding carboxylic acids is 2. The van der Waals surface area contributed by atoms with Gasteiger partial charge >= 0.3 is 12.1 Å². The fraction of sp³-hybridized carbons (Fsp3) is 0.538. The highest BCUT2D eigenvalue weighted by Crippen LogP contribution is 2.31. The zero-order valence-corrected chi connectivity index (χ0v) is 12.8. The molecule has 2 heterocycles. The first-order chi connectivity index (χ1) is 10.1. The lowest BCUT2D eigenvalue weighted by Gasteiger charge is -2.38. The fourth-order valence-electron chi connectivity index (χ4n) is 2.37. The van der Waals surface area contributed by atoms with Crippen LogP contribution >= 0.6 is 0 Å². The third-order valence-electron chi connectivity index (χ3n) is 3.51. The van der Waals surface area contributed by atoms with E-state index in [-0.39, 0.29) is 12.3 Å². The van der Waals surface area contributed by atoms with Crippen LogP contribution in [0, 0.1) is 6.92 Å². The Morgan fingerprint density at radius 2 is 2.09 bits per heavy atom. The molecule has 9 nitrogen and oxygen atoms in total. The molecule has 0 spiro atoms. The van der Waals surface area contributed by atoms with Crippen LogP contribution in [0.25, 0.3) is 0 Å². The van der Waals surface area contributed by atoms with Crippen LogP contribution in [0.2, 0.25) is 0 Å². The van der Waals surface area contributed by atoms with Crippen molar-refractivity contribution >= 4 is 18.0 Å². The van der Waals surface area contributed by atoms with Gasteiger partial charge in [-0.05, 0) is 27.7 Å². The second kappa shape index (κ2) is 5.00. The Labute approximate surface area is 126 Å². The van der Waals surface area contributed by atoms with Crippen molar-refractivity contribution in [3.05, 3.63) is 17.5 Å². The number of aryl methyl sites for hydroxylation is 1. The number of imide groups is 1. The van der Waals surface area contributed by atoms with Crippen LogP contribution in [0.5, 0.6) is 0 Å². The summed E-state index contributed by atoms with van der Waals surface area (Å²) in [5, 5.41) is 17.7. The number of nitrogens with zero attached hydrogens (tertiary/aromatic N) is 2. The molecule has 0 radical (unpaired) electrons. The Hall–Kier alpha value is -2.58. The molecule has 1 fully saturated rings. The molecule has 22 heavy (non-hydrogen) atoms. The zero-order chi connectivity index (χ0) is 16.7. The summed E-state index contributed by atoms with van der Waals surface area (Å²) in [6.07, 6.45) is 0.190. The van der Waals surface area contributed by atoms with E-state index in [0.29, 0.717) is 5.56 Å². The molecule has 2 rings (SSSR count). The highest BCUT2D eigenvalue weighted by molar-refractivity contribution is 6.07. The van der Waals surface area contributed by atoms with Gasteiger partial charge in [0.05, 0.1) is 12.7 Å². The predicted octanol–water partition coefficient (Wildman–Crippen LogP) is 0.796. The third-order valence-corrected chi connectivity index (χ3v) is 3.51. The predicted molar refractivity (Wildman–Crippen MR) is 74.1 cm³/mol. The Morgan fingerprint density at radius 3 is 2.45 bits per heavy atom. The number of hydrogen-bond donors (Lipinski definition) is 3. The molecular weight excluding hydrogens is 292 g/mol. The molecule has 120 valence electrons. The number of carboxylic acid groups (broad SMARTS) is 1. The maximum absolute atomic E-state index is 12.3. The standard InChI is InChI=1S/C13H18N4O5/c1-7-5-14-22-8(7)13(9(18)15-10(19)16-13)6-17(11(20)21)12(2,3)4/h5H,6H2,1-4H3,(H,20,21)(H2,15,16,18,19)/t13-/m1/s1. The Bertz CT molecular complexity index is 633. The highest BCUT2D eigenvalue weighted by Gasteiger charge is 2.54. The Kier molecular flexibility index (Phi) is 3.59. The molecule has 1 aromatic heterocycles. The van der Waals surface area contributed by atoms with E-state index in [1.807, 2.05) is 0 Å². The lowest BCUT2D eigenvalue weighted by Crippen LogP contribution is -2.58. The van der Waals surface area contributed by atoms with Crippen molar-refractivity contribution in [2.75, 3.05) is 6.54 Å². The molecule has 1 atom stereocenters. The smallest absolute Gasteiger partial charge is 0.407 e. The normalized spacial score (nSPS) is 21.5. The van der Waals surface area contributed by atoms with Crippen molar-refractivity contribution in [2.24, 2.45) is 0 Å².